The molecular weight excluding hydrogens is 222 g/mol. The first-order chi connectivity index (χ1) is 7.97. The maximum Gasteiger partial charge on any atom is 0.273 e. The molecule has 17 heavy (non-hydrogen) atoms. The molecule has 6 nitrogen and oxygen atoms in total. The molecule has 1 aromatic rings. The summed E-state index contributed by atoms with van der Waals surface area (Å²) in [5, 5.41) is 10.8. The Morgan fingerprint density at radius 3 is 2.71 bits per heavy atom. The standard InChI is InChI=1S/C11H15N3O3/c1-8-3-4-9(7-10(8)14(16)17)11(15)13(2)6-5-12/h3-4,7H,5-6,12H2,1-2H3. The van der Waals surface area contributed by atoms with Crippen LogP contribution in [-0.4, -0.2) is 35.9 Å². The number of hydrogen-bond acceptors (Lipinski definition) is 4. The summed E-state index contributed by atoms with van der Waals surface area (Å²) in [6.07, 6.45) is 0. The maximum absolute atomic E-state index is 11.9. The summed E-state index contributed by atoms with van der Waals surface area (Å²) in [6, 6.07) is 4.45. The number of nitrogens with two attached hydrogens (primary N) is 1. The highest BCUT2D eigenvalue weighted by Crippen LogP contribution is 2.19. The quantitative estimate of drug-likeness (QED) is 0.623. The van der Waals surface area contributed by atoms with Crippen LogP contribution in [0.1, 0.15) is 15.9 Å². The van der Waals surface area contributed by atoms with Crippen molar-refractivity contribution < 1.29 is 9.72 Å². The molecule has 0 aliphatic rings. The SMILES string of the molecule is Cc1ccc(C(=O)N(C)CCN)cc1[N+](=O)[O-]. The van der Waals surface area contributed by atoms with Gasteiger partial charge in [0.1, 0.15) is 0 Å². The Morgan fingerprint density at radius 2 is 2.18 bits per heavy atom. The lowest BCUT2D eigenvalue weighted by Crippen LogP contribution is -2.31. The van der Waals surface area contributed by atoms with Gasteiger partial charge in [-0.25, -0.2) is 0 Å². The van der Waals surface area contributed by atoms with Crippen LogP contribution in [-0.2, 0) is 0 Å². The number of nitro benzene ring substituents is 1. The lowest BCUT2D eigenvalue weighted by Gasteiger charge is -2.15. The van der Waals surface area contributed by atoms with Gasteiger partial charge in [-0.15, -0.1) is 0 Å². The second kappa shape index (κ2) is 5.40. The first-order valence-corrected chi connectivity index (χ1v) is 5.18. The number of nitrogens with zero attached hydrogens (tertiary/aromatic N) is 2. The van der Waals surface area contributed by atoms with E-state index >= 15 is 0 Å². The molecule has 0 aliphatic carbocycles. The first-order valence-electron chi connectivity index (χ1n) is 5.18. The van der Waals surface area contributed by atoms with E-state index in [9.17, 15) is 14.9 Å². The van der Waals surface area contributed by atoms with Crippen LogP contribution in [0.2, 0.25) is 0 Å². The van der Waals surface area contributed by atoms with Crippen molar-refractivity contribution >= 4 is 11.6 Å². The van der Waals surface area contributed by atoms with E-state index in [2.05, 4.69) is 0 Å². The number of nitro groups is 1. The molecule has 0 spiro atoms. The van der Waals surface area contributed by atoms with Gasteiger partial charge in [-0.3, -0.25) is 14.9 Å². The van der Waals surface area contributed by atoms with Crippen molar-refractivity contribution in [2.24, 2.45) is 5.73 Å². The van der Waals surface area contributed by atoms with Gasteiger partial charge < -0.3 is 10.6 Å². The zero-order valence-corrected chi connectivity index (χ0v) is 9.84. The van der Waals surface area contributed by atoms with Gasteiger partial charge in [0.05, 0.1) is 4.92 Å². The van der Waals surface area contributed by atoms with Crippen LogP contribution in [0.5, 0.6) is 0 Å². The fourth-order valence-corrected chi connectivity index (χ4v) is 1.45. The number of carbonyl (C=O) groups is 1. The number of aryl methyl sites for hydroxylation is 1. The van der Waals surface area contributed by atoms with E-state index in [0.717, 1.165) is 0 Å². The Hall–Kier alpha value is -1.95. The molecule has 0 heterocycles. The van der Waals surface area contributed by atoms with Crippen molar-refractivity contribution in [3.8, 4) is 0 Å². The Labute approximate surface area is 99.2 Å². The van der Waals surface area contributed by atoms with E-state index in [4.69, 9.17) is 5.73 Å². The number of rotatable bonds is 4. The highest BCUT2D eigenvalue weighted by molar-refractivity contribution is 5.94. The van der Waals surface area contributed by atoms with E-state index in [1.54, 1.807) is 26.1 Å². The van der Waals surface area contributed by atoms with Crippen LogP contribution in [0.4, 0.5) is 5.69 Å². The summed E-state index contributed by atoms with van der Waals surface area (Å²) in [5.41, 5.74) is 6.14. The molecule has 92 valence electrons. The normalized spacial score (nSPS) is 10.1. The molecule has 1 amide bonds. The van der Waals surface area contributed by atoms with Gasteiger partial charge in [0.15, 0.2) is 0 Å². The molecular formula is C11H15N3O3. The number of benzene rings is 1. The van der Waals surface area contributed by atoms with Crippen molar-refractivity contribution in [2.75, 3.05) is 20.1 Å². The molecule has 0 fully saturated rings. The molecule has 0 atom stereocenters. The lowest BCUT2D eigenvalue weighted by molar-refractivity contribution is -0.385. The average Bonchev–Trinajstić information content (AvgIpc) is 2.28. The van der Waals surface area contributed by atoms with Gasteiger partial charge in [-0.2, -0.15) is 0 Å². The number of amides is 1. The number of carbonyl (C=O) groups excluding carboxylic acids is 1. The van der Waals surface area contributed by atoms with Crippen molar-refractivity contribution in [1.82, 2.24) is 4.90 Å². The minimum atomic E-state index is -0.491. The smallest absolute Gasteiger partial charge is 0.273 e. The molecule has 0 aromatic heterocycles. The second-order valence-electron chi connectivity index (χ2n) is 3.77. The van der Waals surface area contributed by atoms with E-state index in [0.29, 0.717) is 24.2 Å². The van der Waals surface area contributed by atoms with Gasteiger partial charge in [0.2, 0.25) is 0 Å². The number of likely N-dealkylation sites (N-methyl/N-ethyl adjacent to an activating group) is 1. The van der Waals surface area contributed by atoms with E-state index in [1.807, 2.05) is 0 Å². The van der Waals surface area contributed by atoms with Gasteiger partial charge in [0, 0.05) is 37.3 Å². The Bertz CT molecular complexity index is 446. The van der Waals surface area contributed by atoms with Gasteiger partial charge >= 0.3 is 0 Å². The molecule has 1 rings (SSSR count). The fourth-order valence-electron chi connectivity index (χ4n) is 1.45. The summed E-state index contributed by atoms with van der Waals surface area (Å²) >= 11 is 0. The van der Waals surface area contributed by atoms with E-state index < -0.39 is 4.92 Å². The molecule has 1 aromatic carbocycles. The molecule has 6 heteroatoms. The second-order valence-corrected chi connectivity index (χ2v) is 3.77. The third kappa shape index (κ3) is 3.01. The summed E-state index contributed by atoms with van der Waals surface area (Å²) < 4.78 is 0. The van der Waals surface area contributed by atoms with Crippen LogP contribution < -0.4 is 5.73 Å². The monoisotopic (exact) mass is 237 g/mol. The lowest BCUT2D eigenvalue weighted by atomic mass is 10.1. The van der Waals surface area contributed by atoms with Crippen LogP contribution in [0.15, 0.2) is 18.2 Å². The average molecular weight is 237 g/mol. The summed E-state index contributed by atoms with van der Waals surface area (Å²) in [6.45, 7) is 2.41. The molecule has 0 bridgehead atoms. The van der Waals surface area contributed by atoms with E-state index in [-0.39, 0.29) is 11.6 Å². The minimum absolute atomic E-state index is 0.0444. The fraction of sp³-hybridized carbons (Fsp3) is 0.364. The third-order valence-electron chi connectivity index (χ3n) is 2.46. The van der Waals surface area contributed by atoms with Crippen molar-refractivity contribution in [1.29, 1.82) is 0 Å². The molecule has 0 unspecified atom stereocenters. The maximum atomic E-state index is 11.9. The topological polar surface area (TPSA) is 89.5 Å². The van der Waals surface area contributed by atoms with Crippen molar-refractivity contribution in [3.63, 3.8) is 0 Å². The van der Waals surface area contributed by atoms with Crippen LogP contribution >= 0.6 is 0 Å². The van der Waals surface area contributed by atoms with Gasteiger partial charge in [0.25, 0.3) is 11.6 Å². The summed E-state index contributed by atoms with van der Waals surface area (Å²) in [5.74, 6) is -0.265. The highest BCUT2D eigenvalue weighted by Gasteiger charge is 2.17. The summed E-state index contributed by atoms with van der Waals surface area (Å²) in [4.78, 5) is 23.6. The van der Waals surface area contributed by atoms with Crippen LogP contribution in [0, 0.1) is 17.0 Å². The van der Waals surface area contributed by atoms with Crippen LogP contribution in [0.25, 0.3) is 0 Å². The van der Waals surface area contributed by atoms with Crippen molar-refractivity contribution in [2.45, 2.75) is 6.92 Å². The zero-order valence-electron chi connectivity index (χ0n) is 9.84. The highest BCUT2D eigenvalue weighted by atomic mass is 16.6. The Balaban J connectivity index is 3.03. The Kier molecular flexibility index (Phi) is 4.17. The van der Waals surface area contributed by atoms with E-state index in [1.165, 1.54) is 11.0 Å². The molecule has 0 radical (unpaired) electrons. The van der Waals surface area contributed by atoms with Crippen molar-refractivity contribution in [3.05, 3.63) is 39.4 Å². The molecule has 2 N–H and O–H groups in total. The van der Waals surface area contributed by atoms with Crippen LogP contribution in [0.3, 0.4) is 0 Å². The molecule has 0 saturated heterocycles. The predicted octanol–water partition coefficient (Wildman–Crippen LogP) is 0.934. The predicted molar refractivity (Wildman–Crippen MR) is 63.8 cm³/mol. The van der Waals surface area contributed by atoms with Gasteiger partial charge in [-0.1, -0.05) is 6.07 Å². The molecule has 0 aliphatic heterocycles. The zero-order chi connectivity index (χ0) is 13.0. The third-order valence-corrected chi connectivity index (χ3v) is 2.46. The first kappa shape index (κ1) is 13.1. The minimum Gasteiger partial charge on any atom is -0.340 e. The molecule has 0 saturated carbocycles. The number of hydrogen-bond donors (Lipinski definition) is 1. The summed E-state index contributed by atoms with van der Waals surface area (Å²) in [7, 11) is 1.61. The Morgan fingerprint density at radius 1 is 1.53 bits per heavy atom. The van der Waals surface area contributed by atoms with Gasteiger partial charge in [-0.05, 0) is 13.0 Å². The largest absolute Gasteiger partial charge is 0.340 e.